The third-order valence-electron chi connectivity index (χ3n) is 4.20. The van der Waals surface area contributed by atoms with E-state index in [9.17, 15) is 9.59 Å². The van der Waals surface area contributed by atoms with Gasteiger partial charge in [-0.05, 0) is 37.6 Å². The molecule has 1 aliphatic heterocycles. The SMILES string of the molecule is CCOC(=O)CC1=Nc2ccccc2C1.Cl.Nc1ccccc1N.[CH2+]COC(=N)CC(=O)OCC. The van der Waals surface area contributed by atoms with Gasteiger partial charge in [-0.1, -0.05) is 30.3 Å². The molecule has 5 N–H and O–H groups in total. The van der Waals surface area contributed by atoms with Crippen LogP contribution in [0.15, 0.2) is 53.5 Å². The van der Waals surface area contributed by atoms with Gasteiger partial charge in [0.05, 0.1) is 36.7 Å². The molecule has 2 aromatic carbocycles. The summed E-state index contributed by atoms with van der Waals surface area (Å²) in [4.78, 5) is 26.3. The number of para-hydroxylation sites is 3. The molecule has 0 aliphatic carbocycles. The number of fused-ring (bicyclic) bond motifs is 1. The molecule has 1 aliphatic rings. The van der Waals surface area contributed by atoms with Crippen LogP contribution < -0.4 is 11.5 Å². The normalized spacial score (nSPS) is 10.5. The van der Waals surface area contributed by atoms with Crippen molar-refractivity contribution in [2.24, 2.45) is 4.99 Å². The number of carbonyl (C=O) groups excluding carboxylic acids is 2. The maximum Gasteiger partial charge on any atom is 0.315 e. The van der Waals surface area contributed by atoms with Crippen LogP contribution in [0.25, 0.3) is 0 Å². The first kappa shape index (κ1) is 31.3. The number of anilines is 2. The first-order chi connectivity index (χ1) is 16.3. The van der Waals surface area contributed by atoms with E-state index in [1.807, 2.05) is 43.3 Å². The lowest BCUT2D eigenvalue weighted by atomic mass is 10.1. The molecule has 35 heavy (non-hydrogen) atoms. The molecule has 0 unspecified atom stereocenters. The number of nitrogens with one attached hydrogen (secondary N) is 1. The van der Waals surface area contributed by atoms with Gasteiger partial charge in [0.25, 0.3) is 0 Å². The number of aliphatic imine (C=N–C) groups is 1. The van der Waals surface area contributed by atoms with Gasteiger partial charge in [0.15, 0.2) is 5.90 Å². The first-order valence-corrected chi connectivity index (χ1v) is 10.9. The molecule has 0 atom stereocenters. The van der Waals surface area contributed by atoms with Crippen LogP contribution in [0, 0.1) is 12.3 Å². The van der Waals surface area contributed by atoms with E-state index in [0.29, 0.717) is 31.0 Å². The summed E-state index contributed by atoms with van der Waals surface area (Å²) in [5, 5.41) is 7.03. The minimum absolute atomic E-state index is 0. The topological polar surface area (TPSA) is 150 Å². The van der Waals surface area contributed by atoms with Crippen LogP contribution in [0.1, 0.15) is 32.3 Å². The van der Waals surface area contributed by atoms with Gasteiger partial charge in [0.1, 0.15) is 13.3 Å². The van der Waals surface area contributed by atoms with Crippen LogP contribution in [0.5, 0.6) is 0 Å². The van der Waals surface area contributed by atoms with E-state index in [1.54, 1.807) is 19.1 Å². The van der Waals surface area contributed by atoms with Gasteiger partial charge in [-0.2, -0.15) is 0 Å². The van der Waals surface area contributed by atoms with Crippen molar-refractivity contribution < 1.29 is 23.8 Å². The van der Waals surface area contributed by atoms with Gasteiger partial charge in [0, 0.05) is 12.1 Å². The Kier molecular flexibility index (Phi) is 15.8. The van der Waals surface area contributed by atoms with Crippen molar-refractivity contribution in [2.45, 2.75) is 33.1 Å². The molecule has 10 heteroatoms. The predicted molar refractivity (Wildman–Crippen MR) is 141 cm³/mol. The van der Waals surface area contributed by atoms with Gasteiger partial charge in [-0.25, -0.2) is 0 Å². The van der Waals surface area contributed by atoms with Crippen molar-refractivity contribution >= 4 is 53.0 Å². The van der Waals surface area contributed by atoms with Crippen molar-refractivity contribution in [3.05, 3.63) is 61.0 Å². The zero-order chi connectivity index (χ0) is 25.3. The molecule has 0 radical (unpaired) electrons. The summed E-state index contributed by atoms with van der Waals surface area (Å²) in [6, 6.07) is 15.2. The number of esters is 2. The number of hydrogen-bond acceptors (Lipinski definition) is 9. The number of carbonyl (C=O) groups is 2. The molecule has 0 bridgehead atoms. The zero-order valence-corrected chi connectivity index (χ0v) is 20.9. The Morgan fingerprint density at radius 3 is 2.00 bits per heavy atom. The van der Waals surface area contributed by atoms with Crippen LogP contribution in [-0.4, -0.2) is 43.4 Å². The molecule has 190 valence electrons. The Balaban J connectivity index is 0.000000514. The average Bonchev–Trinajstić information content (AvgIpc) is 3.19. The molecule has 0 amide bonds. The molecule has 9 nitrogen and oxygen atoms in total. The fourth-order valence-corrected chi connectivity index (χ4v) is 2.71. The molecule has 0 spiro atoms. The number of halogens is 1. The van der Waals surface area contributed by atoms with Crippen molar-refractivity contribution in [1.82, 2.24) is 0 Å². The van der Waals surface area contributed by atoms with Crippen molar-refractivity contribution in [3.63, 3.8) is 0 Å². The second-order valence-electron chi connectivity index (χ2n) is 6.85. The van der Waals surface area contributed by atoms with E-state index in [-0.39, 0.29) is 37.3 Å². The number of nitrogens with two attached hydrogens (primary N) is 2. The predicted octanol–water partition coefficient (Wildman–Crippen LogP) is 4.31. The third kappa shape index (κ3) is 12.9. The summed E-state index contributed by atoms with van der Waals surface area (Å²) in [5.41, 5.74) is 15.2. The van der Waals surface area contributed by atoms with Crippen LogP contribution in [0.4, 0.5) is 17.1 Å². The molecular weight excluding hydrogens is 472 g/mol. The summed E-state index contributed by atoms with van der Waals surface area (Å²) < 4.78 is 14.1. The van der Waals surface area contributed by atoms with Gasteiger partial charge < -0.3 is 25.7 Å². The third-order valence-corrected chi connectivity index (χ3v) is 4.20. The Bertz CT molecular complexity index is 945. The molecule has 0 fully saturated rings. The monoisotopic (exact) mass is 505 g/mol. The van der Waals surface area contributed by atoms with Crippen LogP contribution in [0.3, 0.4) is 0 Å². The van der Waals surface area contributed by atoms with Gasteiger partial charge in [-0.3, -0.25) is 20.0 Å². The number of rotatable bonds is 7. The lowest BCUT2D eigenvalue weighted by Crippen LogP contribution is -2.12. The standard InChI is InChI=1S/C12H13NO2.C7H12NO3.C6H8N2.ClH/c1-2-15-12(14)8-10-7-9-5-3-4-6-11(9)13-10;1-3-10-6(8)5-7(9)11-4-2;7-5-3-1-2-4-6(5)8;/h3-6H,2,7-8H2,1H3;8H,1,3-5H2,2H3;1-4H,7-8H2;1H/q;+1;;. The van der Waals surface area contributed by atoms with Crippen LogP contribution >= 0.6 is 12.4 Å². The summed E-state index contributed by atoms with van der Waals surface area (Å²) in [7, 11) is 0. The number of nitrogen functional groups attached to an aromatic ring is 2. The zero-order valence-electron chi connectivity index (χ0n) is 20.1. The van der Waals surface area contributed by atoms with Crippen LogP contribution in [-0.2, 0) is 30.2 Å². The van der Waals surface area contributed by atoms with E-state index in [0.717, 1.165) is 17.8 Å². The molecule has 0 aromatic heterocycles. The number of nitrogens with zero attached hydrogens (tertiary/aromatic N) is 1. The minimum Gasteiger partial charge on any atom is -0.466 e. The molecule has 0 saturated carbocycles. The highest BCUT2D eigenvalue weighted by Crippen LogP contribution is 2.26. The summed E-state index contributed by atoms with van der Waals surface area (Å²) in [6.07, 6.45) is 0.973. The maximum absolute atomic E-state index is 11.2. The van der Waals surface area contributed by atoms with E-state index in [2.05, 4.69) is 21.4 Å². The minimum atomic E-state index is -0.439. The first-order valence-electron chi connectivity index (χ1n) is 10.9. The fourth-order valence-electron chi connectivity index (χ4n) is 2.71. The Hall–Kier alpha value is -3.72. The van der Waals surface area contributed by atoms with E-state index in [4.69, 9.17) is 21.6 Å². The molecule has 1 heterocycles. The second-order valence-corrected chi connectivity index (χ2v) is 6.85. The summed E-state index contributed by atoms with van der Waals surface area (Å²) in [6.45, 7) is 7.81. The Labute approximate surface area is 212 Å². The van der Waals surface area contributed by atoms with Gasteiger partial charge in [0.2, 0.25) is 6.61 Å². The van der Waals surface area contributed by atoms with Crippen molar-refractivity contribution in [2.75, 3.05) is 31.3 Å². The summed E-state index contributed by atoms with van der Waals surface area (Å²) in [5.74, 6) is -0.728. The van der Waals surface area contributed by atoms with Gasteiger partial charge in [-0.15, -0.1) is 12.4 Å². The largest absolute Gasteiger partial charge is 0.466 e. The average molecular weight is 506 g/mol. The highest BCUT2D eigenvalue weighted by molar-refractivity contribution is 6.03. The number of benzene rings is 2. The molecular formula is C25H34ClN4O5+. The van der Waals surface area contributed by atoms with Crippen LogP contribution in [0.2, 0.25) is 0 Å². The molecule has 2 aromatic rings. The Morgan fingerprint density at radius 1 is 0.943 bits per heavy atom. The van der Waals surface area contributed by atoms with Crippen molar-refractivity contribution in [3.8, 4) is 0 Å². The fraction of sp³-hybridized carbons (Fsp3) is 0.320. The molecule has 3 rings (SSSR count). The molecule has 0 saturated heterocycles. The quantitative estimate of drug-likeness (QED) is 0.167. The summed E-state index contributed by atoms with van der Waals surface area (Å²) >= 11 is 0. The van der Waals surface area contributed by atoms with E-state index >= 15 is 0 Å². The lowest BCUT2D eigenvalue weighted by molar-refractivity contribution is -0.142. The smallest absolute Gasteiger partial charge is 0.315 e. The highest BCUT2D eigenvalue weighted by Gasteiger charge is 2.16. The van der Waals surface area contributed by atoms with E-state index < -0.39 is 5.97 Å². The Morgan fingerprint density at radius 2 is 1.49 bits per heavy atom. The number of hydrogen-bond donors (Lipinski definition) is 3. The van der Waals surface area contributed by atoms with Crippen molar-refractivity contribution in [1.29, 1.82) is 5.41 Å². The highest BCUT2D eigenvalue weighted by atomic mass is 35.5. The second kappa shape index (κ2) is 17.7. The maximum atomic E-state index is 11.2. The van der Waals surface area contributed by atoms with E-state index in [1.165, 1.54) is 5.56 Å². The van der Waals surface area contributed by atoms with Gasteiger partial charge >= 0.3 is 11.9 Å². The lowest BCUT2D eigenvalue weighted by Gasteiger charge is -2.01. The number of ether oxygens (including phenoxy) is 3.